The van der Waals surface area contributed by atoms with Crippen LogP contribution in [0.25, 0.3) is 0 Å². The van der Waals surface area contributed by atoms with Crippen LogP contribution in [-0.2, 0) is 22.2 Å². The van der Waals surface area contributed by atoms with Gasteiger partial charge in [-0.2, -0.15) is 0 Å². The first-order chi connectivity index (χ1) is 8.07. The van der Waals surface area contributed by atoms with Gasteiger partial charge in [0.2, 0.25) is 0 Å². The zero-order valence-electron chi connectivity index (χ0n) is 13.3. The molecule has 0 saturated carbocycles. The maximum atomic E-state index is 5.39. The molecule has 0 radical (unpaired) electrons. The van der Waals surface area contributed by atoms with Crippen molar-refractivity contribution in [3.05, 3.63) is 34.4 Å². The third kappa shape index (κ3) is 3.35. The molecule has 0 fully saturated rings. The van der Waals surface area contributed by atoms with Gasteiger partial charge in [0.15, 0.2) is 0 Å². The van der Waals surface area contributed by atoms with Gasteiger partial charge in [0, 0.05) is 7.11 Å². The molecule has 0 N–H and O–H groups in total. The number of hydrogen-bond acceptors (Lipinski definition) is 1. The van der Waals surface area contributed by atoms with Crippen molar-refractivity contribution < 1.29 is 4.74 Å². The Morgan fingerprint density at radius 3 is 1.89 bits per heavy atom. The number of ether oxygens (including phenoxy) is 1. The fraction of sp³-hybridized carbons (Fsp3) is 0.647. The number of aryl methyl sites for hydroxylation is 1. The van der Waals surface area contributed by atoms with Gasteiger partial charge in [-0.05, 0) is 40.0 Å². The van der Waals surface area contributed by atoms with E-state index in [0.29, 0.717) is 6.61 Å². The van der Waals surface area contributed by atoms with E-state index in [9.17, 15) is 0 Å². The van der Waals surface area contributed by atoms with E-state index in [2.05, 4.69) is 60.6 Å². The van der Waals surface area contributed by atoms with E-state index in [1.807, 2.05) is 0 Å². The van der Waals surface area contributed by atoms with E-state index in [1.165, 1.54) is 22.3 Å². The molecule has 102 valence electrons. The maximum Gasteiger partial charge on any atom is 0.0716 e. The Balaban J connectivity index is 3.46. The lowest BCUT2D eigenvalue weighted by Crippen LogP contribution is -2.20. The summed E-state index contributed by atoms with van der Waals surface area (Å²) in [4.78, 5) is 0. The number of hydrogen-bond donors (Lipinski definition) is 0. The monoisotopic (exact) mass is 248 g/mol. The molecule has 0 atom stereocenters. The number of methoxy groups -OCH3 is 1. The quantitative estimate of drug-likeness (QED) is 0.734. The first-order valence-corrected chi connectivity index (χ1v) is 6.71. The highest BCUT2D eigenvalue weighted by Gasteiger charge is 2.23. The van der Waals surface area contributed by atoms with Gasteiger partial charge >= 0.3 is 0 Å². The summed E-state index contributed by atoms with van der Waals surface area (Å²) in [6.07, 6.45) is 0. The van der Waals surface area contributed by atoms with Gasteiger partial charge in [-0.1, -0.05) is 53.7 Å². The Morgan fingerprint density at radius 1 is 0.944 bits per heavy atom. The van der Waals surface area contributed by atoms with Gasteiger partial charge in [0.05, 0.1) is 6.61 Å². The average molecular weight is 248 g/mol. The van der Waals surface area contributed by atoms with Crippen LogP contribution in [0.15, 0.2) is 12.1 Å². The second-order valence-corrected chi connectivity index (χ2v) is 7.26. The maximum absolute atomic E-state index is 5.39. The van der Waals surface area contributed by atoms with Crippen molar-refractivity contribution in [3.8, 4) is 0 Å². The minimum Gasteiger partial charge on any atom is -0.380 e. The first kappa shape index (κ1) is 15.2. The molecule has 18 heavy (non-hydrogen) atoms. The molecule has 0 aromatic heterocycles. The van der Waals surface area contributed by atoms with Crippen molar-refractivity contribution in [1.82, 2.24) is 0 Å². The fourth-order valence-corrected chi connectivity index (χ4v) is 2.64. The Hall–Kier alpha value is -0.820. The Labute approximate surface area is 113 Å². The van der Waals surface area contributed by atoms with Crippen molar-refractivity contribution in [3.63, 3.8) is 0 Å². The highest BCUT2D eigenvalue weighted by molar-refractivity contribution is 5.44. The molecule has 0 aliphatic carbocycles. The van der Waals surface area contributed by atoms with Crippen molar-refractivity contribution in [2.45, 2.75) is 65.9 Å². The molecule has 0 bridgehead atoms. The second-order valence-electron chi connectivity index (χ2n) is 7.26. The highest BCUT2D eigenvalue weighted by atomic mass is 16.5. The molecular formula is C17H28O. The summed E-state index contributed by atoms with van der Waals surface area (Å²) in [5, 5.41) is 0. The second kappa shape index (κ2) is 5.05. The van der Waals surface area contributed by atoms with Crippen LogP contribution in [0.3, 0.4) is 0 Å². The molecule has 0 aliphatic heterocycles. The van der Waals surface area contributed by atoms with E-state index in [4.69, 9.17) is 4.74 Å². The molecule has 0 amide bonds. The van der Waals surface area contributed by atoms with Crippen molar-refractivity contribution in [1.29, 1.82) is 0 Å². The lowest BCUT2D eigenvalue weighted by Gasteiger charge is -2.29. The molecule has 1 heteroatoms. The SMILES string of the molecule is COCc1cc(C(C)(C)C)cc(C)c1C(C)(C)C. The largest absolute Gasteiger partial charge is 0.380 e. The van der Waals surface area contributed by atoms with E-state index in [-0.39, 0.29) is 10.8 Å². The molecule has 0 unspecified atom stereocenters. The molecular weight excluding hydrogens is 220 g/mol. The Bertz CT molecular complexity index is 416. The van der Waals surface area contributed by atoms with E-state index >= 15 is 0 Å². The van der Waals surface area contributed by atoms with Crippen LogP contribution in [0.1, 0.15) is 63.8 Å². The third-order valence-corrected chi connectivity index (χ3v) is 3.33. The molecule has 0 spiro atoms. The average Bonchev–Trinajstić information content (AvgIpc) is 2.13. The van der Waals surface area contributed by atoms with Crippen molar-refractivity contribution >= 4 is 0 Å². The molecule has 0 saturated heterocycles. The summed E-state index contributed by atoms with van der Waals surface area (Å²) in [7, 11) is 1.77. The lowest BCUT2D eigenvalue weighted by molar-refractivity contribution is 0.183. The summed E-state index contributed by atoms with van der Waals surface area (Å²) in [6.45, 7) is 16.5. The fourth-order valence-electron chi connectivity index (χ4n) is 2.64. The van der Waals surface area contributed by atoms with E-state index in [1.54, 1.807) is 7.11 Å². The van der Waals surface area contributed by atoms with Gasteiger partial charge in [-0.15, -0.1) is 0 Å². The summed E-state index contributed by atoms with van der Waals surface area (Å²) < 4.78 is 5.39. The zero-order valence-corrected chi connectivity index (χ0v) is 13.3. The van der Waals surface area contributed by atoms with Gasteiger partial charge in [-0.3, -0.25) is 0 Å². The topological polar surface area (TPSA) is 9.23 Å². The zero-order chi connectivity index (χ0) is 14.1. The van der Waals surface area contributed by atoms with Crippen LogP contribution >= 0.6 is 0 Å². The van der Waals surface area contributed by atoms with E-state index < -0.39 is 0 Å². The summed E-state index contributed by atoms with van der Waals surface area (Å²) >= 11 is 0. The van der Waals surface area contributed by atoms with Crippen molar-refractivity contribution in [2.24, 2.45) is 0 Å². The third-order valence-electron chi connectivity index (χ3n) is 3.33. The summed E-state index contributed by atoms with van der Waals surface area (Å²) in [6, 6.07) is 4.65. The van der Waals surface area contributed by atoms with Gasteiger partial charge in [0.25, 0.3) is 0 Å². The normalized spacial score (nSPS) is 12.9. The van der Waals surface area contributed by atoms with Gasteiger partial charge in [-0.25, -0.2) is 0 Å². The van der Waals surface area contributed by atoms with Crippen LogP contribution in [0.4, 0.5) is 0 Å². The minimum absolute atomic E-state index is 0.161. The standard InChI is InChI=1S/C17H28O/c1-12-9-14(16(2,3)4)10-13(11-18-8)15(12)17(5,6)7/h9-10H,11H2,1-8H3. The summed E-state index contributed by atoms with van der Waals surface area (Å²) in [5.41, 5.74) is 5.87. The van der Waals surface area contributed by atoms with E-state index in [0.717, 1.165) is 0 Å². The minimum atomic E-state index is 0.161. The van der Waals surface area contributed by atoms with Gasteiger partial charge < -0.3 is 4.74 Å². The highest BCUT2D eigenvalue weighted by Crippen LogP contribution is 2.34. The van der Waals surface area contributed by atoms with Crippen molar-refractivity contribution in [2.75, 3.05) is 7.11 Å². The van der Waals surface area contributed by atoms with Crippen LogP contribution in [-0.4, -0.2) is 7.11 Å². The molecule has 0 heterocycles. The van der Waals surface area contributed by atoms with Crippen LogP contribution < -0.4 is 0 Å². The lowest BCUT2D eigenvalue weighted by atomic mass is 9.77. The number of benzene rings is 1. The van der Waals surface area contributed by atoms with Crippen LogP contribution in [0, 0.1) is 6.92 Å². The predicted molar refractivity (Wildman–Crippen MR) is 79.3 cm³/mol. The molecule has 1 aromatic carbocycles. The number of rotatable bonds is 2. The molecule has 1 aromatic rings. The molecule has 0 aliphatic rings. The predicted octanol–water partition coefficient (Wildman–Crippen LogP) is 4.74. The molecule has 1 rings (SSSR count). The molecule has 1 nitrogen and oxygen atoms in total. The van der Waals surface area contributed by atoms with Crippen LogP contribution in [0.2, 0.25) is 0 Å². The van der Waals surface area contributed by atoms with Gasteiger partial charge in [0.1, 0.15) is 0 Å². The smallest absolute Gasteiger partial charge is 0.0716 e. The Kier molecular flexibility index (Phi) is 4.27. The van der Waals surface area contributed by atoms with Crippen LogP contribution in [0.5, 0.6) is 0 Å². The first-order valence-electron chi connectivity index (χ1n) is 6.71. The summed E-state index contributed by atoms with van der Waals surface area (Å²) in [5.74, 6) is 0. The Morgan fingerprint density at radius 2 is 1.50 bits per heavy atom.